The molecule has 5 nitrogen and oxygen atoms in total. The van der Waals surface area contributed by atoms with Crippen molar-refractivity contribution in [2.24, 2.45) is 0 Å². The summed E-state index contributed by atoms with van der Waals surface area (Å²) in [7, 11) is -3.15. The molecule has 158 valence electrons. The second-order valence-corrected chi connectivity index (χ2v) is 10.3. The highest BCUT2D eigenvalue weighted by atomic mass is 32.2. The van der Waals surface area contributed by atoms with Gasteiger partial charge in [0, 0.05) is 23.5 Å². The molecule has 0 bridgehead atoms. The van der Waals surface area contributed by atoms with E-state index in [0.717, 1.165) is 33.2 Å². The number of amides is 1. The number of aryl methyl sites for hydroxylation is 2. The largest absolute Gasteiger partial charge is 0.464 e. The Morgan fingerprint density at radius 1 is 1.20 bits per heavy atom. The van der Waals surface area contributed by atoms with Gasteiger partial charge in [-0.1, -0.05) is 18.2 Å². The molecule has 1 unspecified atom stereocenters. The Labute approximate surface area is 175 Å². The van der Waals surface area contributed by atoms with Crippen molar-refractivity contribution in [3.8, 4) is 0 Å². The molecule has 2 heterocycles. The maximum absolute atomic E-state index is 13.3. The minimum Gasteiger partial charge on any atom is -0.464 e. The SMILES string of the molecule is Cc1cc(C)c2c(CC(=O)N(Cc3ccc(F)cc3)C3CCS(=O)(=O)C3)coc2c1. The van der Waals surface area contributed by atoms with Crippen molar-refractivity contribution < 1.29 is 22.0 Å². The molecule has 1 amide bonds. The summed E-state index contributed by atoms with van der Waals surface area (Å²) in [6, 6.07) is 9.55. The van der Waals surface area contributed by atoms with Gasteiger partial charge in [0.1, 0.15) is 11.4 Å². The highest BCUT2D eigenvalue weighted by molar-refractivity contribution is 7.91. The van der Waals surface area contributed by atoms with Gasteiger partial charge in [-0.15, -0.1) is 0 Å². The molecule has 1 aromatic heterocycles. The molecule has 0 radical (unpaired) electrons. The fourth-order valence-corrected chi connectivity index (χ4v) is 5.98. The molecule has 1 atom stereocenters. The summed E-state index contributed by atoms with van der Waals surface area (Å²) in [5.74, 6) is -0.470. The molecule has 3 aromatic rings. The van der Waals surface area contributed by atoms with Crippen LogP contribution in [0.4, 0.5) is 4.39 Å². The van der Waals surface area contributed by atoms with Crippen LogP contribution in [0.3, 0.4) is 0 Å². The molecule has 7 heteroatoms. The smallest absolute Gasteiger partial charge is 0.227 e. The molecule has 0 aliphatic carbocycles. The summed E-state index contributed by atoms with van der Waals surface area (Å²) in [6.07, 6.45) is 2.14. The van der Waals surface area contributed by atoms with Crippen molar-refractivity contribution in [2.75, 3.05) is 11.5 Å². The summed E-state index contributed by atoms with van der Waals surface area (Å²) in [5, 5.41) is 0.926. The zero-order valence-electron chi connectivity index (χ0n) is 17.0. The summed E-state index contributed by atoms with van der Waals surface area (Å²) < 4.78 is 43.0. The molecular weight excluding hydrogens is 405 g/mol. The molecule has 0 saturated carbocycles. The van der Waals surface area contributed by atoms with Gasteiger partial charge < -0.3 is 9.32 Å². The monoisotopic (exact) mass is 429 g/mol. The number of sulfone groups is 1. The van der Waals surface area contributed by atoms with E-state index in [-0.39, 0.29) is 42.2 Å². The van der Waals surface area contributed by atoms with Gasteiger partial charge in [0.05, 0.1) is 24.2 Å². The van der Waals surface area contributed by atoms with Crippen molar-refractivity contribution >= 4 is 26.7 Å². The molecular formula is C23H24FNO4S. The van der Waals surface area contributed by atoms with Crippen molar-refractivity contribution in [3.63, 3.8) is 0 Å². The van der Waals surface area contributed by atoms with Crippen LogP contribution in [0.2, 0.25) is 0 Å². The quantitative estimate of drug-likeness (QED) is 0.616. The third-order valence-corrected chi connectivity index (χ3v) is 7.42. The maximum atomic E-state index is 13.3. The van der Waals surface area contributed by atoms with E-state index in [1.165, 1.54) is 12.1 Å². The summed E-state index contributed by atoms with van der Waals surface area (Å²) in [5.41, 5.74) is 4.41. The van der Waals surface area contributed by atoms with Crippen LogP contribution in [0.25, 0.3) is 11.0 Å². The molecule has 1 saturated heterocycles. The van der Waals surface area contributed by atoms with Crippen LogP contribution in [0.1, 0.15) is 28.7 Å². The summed E-state index contributed by atoms with van der Waals surface area (Å²) >= 11 is 0. The highest BCUT2D eigenvalue weighted by Crippen LogP contribution is 2.28. The number of furan rings is 1. The Morgan fingerprint density at radius 3 is 2.60 bits per heavy atom. The molecule has 1 fully saturated rings. The van der Waals surface area contributed by atoms with Gasteiger partial charge in [-0.2, -0.15) is 0 Å². The van der Waals surface area contributed by atoms with Gasteiger partial charge in [-0.3, -0.25) is 4.79 Å². The maximum Gasteiger partial charge on any atom is 0.227 e. The van der Waals surface area contributed by atoms with E-state index < -0.39 is 9.84 Å². The van der Waals surface area contributed by atoms with Crippen molar-refractivity contribution in [1.29, 1.82) is 0 Å². The fraction of sp³-hybridized carbons (Fsp3) is 0.348. The van der Waals surface area contributed by atoms with Crippen LogP contribution >= 0.6 is 0 Å². The Kier molecular flexibility index (Phi) is 5.40. The van der Waals surface area contributed by atoms with Gasteiger partial charge in [-0.25, -0.2) is 12.8 Å². The second-order valence-electron chi connectivity index (χ2n) is 8.10. The van der Waals surface area contributed by atoms with E-state index in [4.69, 9.17) is 4.42 Å². The molecule has 30 heavy (non-hydrogen) atoms. The zero-order valence-corrected chi connectivity index (χ0v) is 17.8. The lowest BCUT2D eigenvalue weighted by Gasteiger charge is -2.28. The van der Waals surface area contributed by atoms with Crippen molar-refractivity contribution in [2.45, 2.75) is 39.3 Å². The lowest BCUT2D eigenvalue weighted by Crippen LogP contribution is -2.41. The molecule has 2 aromatic carbocycles. The Bertz CT molecular complexity index is 1200. The number of fused-ring (bicyclic) bond motifs is 1. The van der Waals surface area contributed by atoms with Gasteiger partial charge in [-0.05, 0) is 55.2 Å². The number of rotatable bonds is 5. The average Bonchev–Trinajstić information content (AvgIpc) is 3.24. The molecule has 1 aliphatic rings. The second kappa shape index (κ2) is 7.87. The third kappa shape index (κ3) is 4.26. The lowest BCUT2D eigenvalue weighted by atomic mass is 10.0. The topological polar surface area (TPSA) is 67.6 Å². The Morgan fingerprint density at radius 2 is 1.93 bits per heavy atom. The Balaban J connectivity index is 1.63. The highest BCUT2D eigenvalue weighted by Gasteiger charge is 2.35. The molecule has 4 rings (SSSR count). The van der Waals surface area contributed by atoms with Crippen LogP contribution in [0.5, 0.6) is 0 Å². The summed E-state index contributed by atoms with van der Waals surface area (Å²) in [4.78, 5) is 14.9. The van der Waals surface area contributed by atoms with E-state index in [1.54, 1.807) is 23.3 Å². The van der Waals surface area contributed by atoms with Crippen LogP contribution in [0.15, 0.2) is 47.1 Å². The van der Waals surface area contributed by atoms with Crippen LogP contribution in [0, 0.1) is 19.7 Å². The van der Waals surface area contributed by atoms with Gasteiger partial charge in [0.15, 0.2) is 9.84 Å². The first-order valence-corrected chi connectivity index (χ1v) is 11.8. The predicted molar refractivity (Wildman–Crippen MR) is 113 cm³/mol. The van der Waals surface area contributed by atoms with E-state index in [9.17, 15) is 17.6 Å². The Hall–Kier alpha value is -2.67. The van der Waals surface area contributed by atoms with E-state index in [0.29, 0.717) is 6.42 Å². The number of halogens is 1. The van der Waals surface area contributed by atoms with Crippen LogP contribution in [-0.2, 0) is 27.6 Å². The molecule has 0 N–H and O–H groups in total. The van der Waals surface area contributed by atoms with E-state index in [1.807, 2.05) is 26.0 Å². The van der Waals surface area contributed by atoms with Gasteiger partial charge in [0.25, 0.3) is 0 Å². The summed E-state index contributed by atoms with van der Waals surface area (Å²) in [6.45, 7) is 4.22. The fourth-order valence-electron chi connectivity index (χ4n) is 4.25. The lowest BCUT2D eigenvalue weighted by molar-refractivity contribution is -0.133. The minimum absolute atomic E-state index is 0.0374. The van der Waals surface area contributed by atoms with Gasteiger partial charge in [0.2, 0.25) is 5.91 Å². The first kappa shape index (κ1) is 20.6. The zero-order chi connectivity index (χ0) is 21.5. The number of carbonyl (C=O) groups is 1. The van der Waals surface area contributed by atoms with Crippen molar-refractivity contribution in [3.05, 3.63) is 70.7 Å². The predicted octanol–water partition coefficient (Wildman–Crippen LogP) is 3.95. The molecule has 0 spiro atoms. The average molecular weight is 430 g/mol. The standard InChI is InChI=1S/C23H24FNO4S/c1-15-9-16(2)23-18(13-29-21(23)10-15)11-22(26)25(20-7-8-30(27,28)14-20)12-17-3-5-19(24)6-4-17/h3-6,9-10,13,20H,7-8,11-12,14H2,1-2H3. The van der Waals surface area contributed by atoms with Crippen LogP contribution < -0.4 is 0 Å². The van der Waals surface area contributed by atoms with E-state index >= 15 is 0 Å². The number of nitrogens with zero attached hydrogens (tertiary/aromatic N) is 1. The minimum atomic E-state index is -3.15. The van der Waals surface area contributed by atoms with E-state index in [2.05, 4.69) is 0 Å². The normalized spacial score (nSPS) is 18.0. The first-order chi connectivity index (χ1) is 14.2. The van der Waals surface area contributed by atoms with Gasteiger partial charge >= 0.3 is 0 Å². The molecule has 1 aliphatic heterocycles. The first-order valence-electron chi connectivity index (χ1n) is 9.93. The number of benzene rings is 2. The van der Waals surface area contributed by atoms with Crippen LogP contribution in [-0.4, -0.2) is 36.8 Å². The number of hydrogen-bond acceptors (Lipinski definition) is 4. The van der Waals surface area contributed by atoms with Crippen molar-refractivity contribution in [1.82, 2.24) is 4.90 Å². The number of hydrogen-bond donors (Lipinski definition) is 0. The third-order valence-electron chi connectivity index (χ3n) is 5.67. The number of carbonyl (C=O) groups excluding carboxylic acids is 1.